The van der Waals surface area contributed by atoms with E-state index in [0.29, 0.717) is 5.82 Å². The first kappa shape index (κ1) is 18.6. The number of thiophene rings is 1. The lowest BCUT2D eigenvalue weighted by atomic mass is 10.1. The fourth-order valence-corrected chi connectivity index (χ4v) is 5.44. The summed E-state index contributed by atoms with van der Waals surface area (Å²) in [6.45, 7) is -0.136. The molecule has 1 aliphatic heterocycles. The molecule has 0 radical (unpaired) electrons. The van der Waals surface area contributed by atoms with Crippen molar-refractivity contribution in [2.24, 2.45) is 0 Å². The zero-order chi connectivity index (χ0) is 21.0. The van der Waals surface area contributed by atoms with Gasteiger partial charge in [0.25, 0.3) is 17.5 Å². The molecule has 10 heteroatoms. The van der Waals surface area contributed by atoms with Gasteiger partial charge in [0.2, 0.25) is 0 Å². The summed E-state index contributed by atoms with van der Waals surface area (Å²) in [6, 6.07) is 3.65. The van der Waals surface area contributed by atoms with Gasteiger partial charge in [-0.15, -0.1) is 11.3 Å². The SMILES string of the molecule is Nc1nc(CN2C(=O)c3ccc([N+](=O)[O-])cc3C2=O)nc2sc3c(c12)CCCCC3. The molecule has 1 aliphatic carbocycles. The molecule has 2 amide bonds. The van der Waals surface area contributed by atoms with Crippen LogP contribution in [-0.2, 0) is 19.4 Å². The van der Waals surface area contributed by atoms with Crippen molar-refractivity contribution in [1.29, 1.82) is 0 Å². The number of non-ortho nitro benzene ring substituents is 1. The van der Waals surface area contributed by atoms with Crippen LogP contribution in [0.5, 0.6) is 0 Å². The van der Waals surface area contributed by atoms with Gasteiger partial charge in [-0.1, -0.05) is 6.42 Å². The Morgan fingerprint density at radius 2 is 1.87 bits per heavy atom. The largest absolute Gasteiger partial charge is 0.383 e. The van der Waals surface area contributed by atoms with Crippen LogP contribution in [0.2, 0.25) is 0 Å². The molecule has 0 unspecified atom stereocenters. The normalized spacial score (nSPS) is 15.9. The standard InChI is InChI=1S/C20H17N5O4S/c21-17-16-12-4-2-1-3-5-14(12)30-18(16)23-15(22-17)9-24-19(26)11-7-6-10(25(28)29)8-13(11)20(24)27/h6-8H,1-5,9H2,(H2,21,22,23). The Bertz CT molecular complexity index is 1250. The number of nitrogens with zero attached hydrogens (tertiary/aromatic N) is 4. The van der Waals surface area contributed by atoms with Crippen molar-refractivity contribution in [3.8, 4) is 0 Å². The number of nitro benzene ring substituents is 1. The van der Waals surface area contributed by atoms with E-state index in [1.54, 1.807) is 11.3 Å². The lowest BCUT2D eigenvalue weighted by Gasteiger charge is -2.13. The number of nitrogens with two attached hydrogens (primary N) is 1. The number of nitro groups is 1. The molecule has 3 aromatic rings. The summed E-state index contributed by atoms with van der Waals surface area (Å²) >= 11 is 1.60. The van der Waals surface area contributed by atoms with Gasteiger partial charge in [-0.05, 0) is 37.3 Å². The molecule has 1 aromatic carbocycles. The Hall–Kier alpha value is -3.40. The highest BCUT2D eigenvalue weighted by atomic mass is 32.1. The number of amides is 2. The van der Waals surface area contributed by atoms with Crippen molar-refractivity contribution in [2.75, 3.05) is 5.73 Å². The minimum Gasteiger partial charge on any atom is -0.383 e. The van der Waals surface area contributed by atoms with Crippen LogP contribution in [0, 0.1) is 10.1 Å². The van der Waals surface area contributed by atoms with Crippen LogP contribution in [0.3, 0.4) is 0 Å². The number of carbonyl (C=O) groups is 2. The third kappa shape index (κ3) is 2.83. The number of carbonyl (C=O) groups excluding carboxylic acids is 2. The number of imide groups is 1. The maximum atomic E-state index is 12.7. The van der Waals surface area contributed by atoms with Gasteiger partial charge in [-0.25, -0.2) is 9.97 Å². The van der Waals surface area contributed by atoms with E-state index in [1.165, 1.54) is 29.0 Å². The molecule has 0 saturated heterocycles. The van der Waals surface area contributed by atoms with E-state index in [-0.39, 0.29) is 29.2 Å². The van der Waals surface area contributed by atoms with Gasteiger partial charge in [0, 0.05) is 17.0 Å². The fourth-order valence-electron chi connectivity index (χ4n) is 4.16. The number of aryl methyl sites for hydroxylation is 2. The summed E-state index contributed by atoms with van der Waals surface area (Å²) in [5.74, 6) is -0.473. The Balaban J connectivity index is 1.49. The van der Waals surface area contributed by atoms with E-state index in [4.69, 9.17) is 5.73 Å². The smallest absolute Gasteiger partial charge is 0.270 e. The van der Waals surface area contributed by atoms with Gasteiger partial charge >= 0.3 is 0 Å². The Labute approximate surface area is 174 Å². The average molecular weight is 423 g/mol. The number of nitrogen functional groups attached to an aromatic ring is 1. The Morgan fingerprint density at radius 3 is 2.67 bits per heavy atom. The highest BCUT2D eigenvalue weighted by Crippen LogP contribution is 2.37. The number of fused-ring (bicyclic) bond motifs is 4. The van der Waals surface area contributed by atoms with Gasteiger partial charge in [0.15, 0.2) is 5.82 Å². The quantitative estimate of drug-likeness (QED) is 0.296. The lowest BCUT2D eigenvalue weighted by Crippen LogP contribution is -2.30. The van der Waals surface area contributed by atoms with Crippen molar-refractivity contribution in [1.82, 2.24) is 14.9 Å². The van der Waals surface area contributed by atoms with Crippen LogP contribution in [0.1, 0.15) is 56.2 Å². The zero-order valence-corrected chi connectivity index (χ0v) is 16.7. The second-order valence-electron chi connectivity index (χ2n) is 7.45. The molecule has 9 nitrogen and oxygen atoms in total. The highest BCUT2D eigenvalue weighted by Gasteiger charge is 2.37. The van der Waals surface area contributed by atoms with E-state index >= 15 is 0 Å². The number of anilines is 1. The summed E-state index contributed by atoms with van der Waals surface area (Å²) in [7, 11) is 0. The summed E-state index contributed by atoms with van der Waals surface area (Å²) in [5.41, 5.74) is 7.40. The predicted molar refractivity (Wildman–Crippen MR) is 110 cm³/mol. The third-order valence-electron chi connectivity index (χ3n) is 5.60. The third-order valence-corrected chi connectivity index (χ3v) is 6.79. The van der Waals surface area contributed by atoms with Gasteiger partial charge in [-0.2, -0.15) is 0 Å². The molecule has 0 bridgehead atoms. The van der Waals surface area contributed by atoms with Crippen molar-refractivity contribution in [2.45, 2.75) is 38.6 Å². The fraction of sp³-hybridized carbons (Fsp3) is 0.300. The molecule has 0 fully saturated rings. The van der Waals surface area contributed by atoms with E-state index in [2.05, 4.69) is 9.97 Å². The monoisotopic (exact) mass is 423 g/mol. The van der Waals surface area contributed by atoms with Gasteiger partial charge < -0.3 is 5.73 Å². The number of aromatic nitrogens is 2. The first-order chi connectivity index (χ1) is 14.4. The van der Waals surface area contributed by atoms with Gasteiger partial charge in [-0.3, -0.25) is 24.6 Å². The predicted octanol–water partition coefficient (Wildman–Crippen LogP) is 3.25. The summed E-state index contributed by atoms with van der Waals surface area (Å²) in [4.78, 5) is 47.8. The van der Waals surface area contributed by atoms with Crippen molar-refractivity contribution in [3.05, 3.63) is 55.7 Å². The van der Waals surface area contributed by atoms with Crippen LogP contribution in [0.25, 0.3) is 10.2 Å². The van der Waals surface area contributed by atoms with E-state index in [1.807, 2.05) is 0 Å². The minimum absolute atomic E-state index is 0.0195. The topological polar surface area (TPSA) is 132 Å². The molecule has 3 heterocycles. The first-order valence-corrected chi connectivity index (χ1v) is 10.5. The molecule has 30 heavy (non-hydrogen) atoms. The lowest BCUT2D eigenvalue weighted by molar-refractivity contribution is -0.384. The molecular weight excluding hydrogens is 406 g/mol. The van der Waals surface area contributed by atoms with Crippen LogP contribution in [0.15, 0.2) is 18.2 Å². The van der Waals surface area contributed by atoms with Gasteiger partial charge in [0.05, 0.1) is 28.0 Å². The number of hydrogen-bond acceptors (Lipinski definition) is 8. The Kier molecular flexibility index (Phi) is 4.24. The van der Waals surface area contributed by atoms with Crippen molar-refractivity contribution >= 4 is 44.9 Å². The molecule has 0 spiro atoms. The zero-order valence-electron chi connectivity index (χ0n) is 15.9. The molecule has 5 rings (SSSR count). The van der Waals surface area contributed by atoms with Crippen LogP contribution in [0.4, 0.5) is 11.5 Å². The number of benzene rings is 1. The summed E-state index contributed by atoms with van der Waals surface area (Å²) in [6.07, 6.45) is 5.41. The van der Waals surface area contributed by atoms with Crippen molar-refractivity contribution < 1.29 is 14.5 Å². The average Bonchev–Trinajstić information content (AvgIpc) is 3.06. The van der Waals surface area contributed by atoms with Crippen LogP contribution < -0.4 is 5.73 Å². The van der Waals surface area contributed by atoms with Crippen LogP contribution in [-0.4, -0.2) is 31.6 Å². The molecule has 2 aliphatic rings. The maximum Gasteiger partial charge on any atom is 0.270 e. The van der Waals surface area contributed by atoms with E-state index in [0.717, 1.165) is 46.9 Å². The molecule has 2 aromatic heterocycles. The minimum atomic E-state index is -0.598. The van der Waals surface area contributed by atoms with Crippen LogP contribution >= 0.6 is 11.3 Å². The maximum absolute atomic E-state index is 12.7. The second-order valence-corrected chi connectivity index (χ2v) is 8.54. The van der Waals surface area contributed by atoms with E-state index in [9.17, 15) is 19.7 Å². The number of hydrogen-bond donors (Lipinski definition) is 1. The molecule has 2 N–H and O–H groups in total. The molecular formula is C20H17N5O4S. The summed E-state index contributed by atoms with van der Waals surface area (Å²) in [5, 5.41) is 11.9. The Morgan fingerprint density at radius 1 is 1.10 bits per heavy atom. The number of rotatable bonds is 3. The van der Waals surface area contributed by atoms with Gasteiger partial charge in [0.1, 0.15) is 10.6 Å². The van der Waals surface area contributed by atoms with E-state index < -0.39 is 16.7 Å². The summed E-state index contributed by atoms with van der Waals surface area (Å²) < 4.78 is 0. The second kappa shape index (κ2) is 6.84. The molecule has 0 atom stereocenters. The first-order valence-electron chi connectivity index (χ1n) is 9.65. The molecule has 152 valence electrons. The molecule has 0 saturated carbocycles. The highest BCUT2D eigenvalue weighted by molar-refractivity contribution is 7.19. The van der Waals surface area contributed by atoms with Crippen molar-refractivity contribution in [3.63, 3.8) is 0 Å².